The predicted molar refractivity (Wildman–Crippen MR) is 599 cm³/mol. The van der Waals surface area contributed by atoms with Crippen LogP contribution >= 0.6 is 0 Å². The van der Waals surface area contributed by atoms with Gasteiger partial charge in [-0.25, -0.2) is 19.9 Å². The van der Waals surface area contributed by atoms with Crippen LogP contribution in [0.3, 0.4) is 0 Å². The van der Waals surface area contributed by atoms with E-state index in [0.717, 1.165) is 219 Å². The molecule has 10 heterocycles. The Balaban J connectivity index is 0.000000122. The lowest BCUT2D eigenvalue weighted by molar-refractivity contribution is 1.18. The second-order valence-electron chi connectivity index (χ2n) is 35.7. The van der Waals surface area contributed by atoms with E-state index in [0.29, 0.717) is 5.82 Å². The molecule has 0 aliphatic carbocycles. The maximum atomic E-state index is 5.32. The minimum Gasteiger partial charge on any atom is -0.256 e. The van der Waals surface area contributed by atoms with Gasteiger partial charge in [0, 0.05) is 127 Å². The number of hydrogen-bond donors (Lipinski definition) is 0. The molecule has 25 aromatic rings. The van der Waals surface area contributed by atoms with E-state index in [2.05, 4.69) is 402 Å². The molecule has 0 aliphatic heterocycles. The fraction of sp³-hybridized carbons (Fsp3) is 0. The van der Waals surface area contributed by atoms with Crippen LogP contribution in [0.2, 0.25) is 0 Å². The summed E-state index contributed by atoms with van der Waals surface area (Å²) in [6.45, 7) is 0. The van der Waals surface area contributed by atoms with Crippen LogP contribution in [0.1, 0.15) is 0 Å². The average Bonchev–Trinajstić information content (AvgIpc) is 0.764. The molecule has 11 heteroatoms. The standard InChI is InChI=1S/C52H34N4.C44H30N4.C39H27N3/c1-3-15-44-35(11-1)13-9-17-46(44)41-31-42(47-18-10-14-36-12-2-4-16-45(36)47)33-43(32-41)52-55-50(39-25-21-37(22-26-39)48-19-5-7-29-53-48)34-51(56-52)40-27-23-38(24-28-40)49-20-6-8-30-54-49;1-4-12-31(13-5-1)34-19-22-46-41(27-34)38-24-36(25-39(26-38)42-28-35(20-23-47-42)40-18-10-11-21-45-40)37-29-43(32-14-6-2-7-15-32)48-44(30-37)33-16-8-3-9-17-33;1-4-12-28(13-5-1)31-19-20-37(41-27-31)35-23-32(22-34(24-35)36-18-10-11-21-40-36)33-25-38(29-14-6-2-7-15-29)42-39(26-33)30-16-8-3-9-17-30/h1-34H;1-30H;1-27H. The molecule has 0 unspecified atom stereocenters. The fourth-order valence-electron chi connectivity index (χ4n) is 18.8. The largest absolute Gasteiger partial charge is 0.256 e. The summed E-state index contributed by atoms with van der Waals surface area (Å²) in [5, 5.41) is 4.80. The summed E-state index contributed by atoms with van der Waals surface area (Å²) < 4.78 is 0. The smallest absolute Gasteiger partial charge is 0.160 e. The van der Waals surface area contributed by atoms with Gasteiger partial charge in [-0.3, -0.25) is 34.9 Å². The van der Waals surface area contributed by atoms with Crippen molar-refractivity contribution < 1.29 is 0 Å². The molecule has 146 heavy (non-hydrogen) atoms. The van der Waals surface area contributed by atoms with E-state index in [1.165, 1.54) is 21.5 Å². The van der Waals surface area contributed by atoms with Crippen LogP contribution in [-0.2, 0) is 0 Å². The highest BCUT2D eigenvalue weighted by molar-refractivity contribution is 6.02. The summed E-state index contributed by atoms with van der Waals surface area (Å²) in [5.41, 5.74) is 39.5. The molecule has 11 nitrogen and oxygen atoms in total. The van der Waals surface area contributed by atoms with Gasteiger partial charge >= 0.3 is 0 Å². The van der Waals surface area contributed by atoms with E-state index in [4.69, 9.17) is 34.9 Å². The third kappa shape index (κ3) is 20.4. The van der Waals surface area contributed by atoms with Gasteiger partial charge in [0.2, 0.25) is 0 Å². The van der Waals surface area contributed by atoms with Crippen molar-refractivity contribution in [2.45, 2.75) is 0 Å². The Hall–Kier alpha value is -19.8. The van der Waals surface area contributed by atoms with Crippen molar-refractivity contribution in [1.82, 2.24) is 54.8 Å². The SMILES string of the molecule is c1ccc(-c2ccc(-c3cc(-c4cc(-c5ccccc5)nc(-c5ccccc5)c4)cc(-c4ccccn4)c3)nc2)cc1.c1ccc(-c2ccc(-c3cc(-c4ccc(-c5ccccn5)cc4)nc(-c4cc(-c5cccc6ccccc56)cc(-c5cccc6ccccc56)c4)n3)cc2)nc1.c1ccc(-c2ccnc(-c3cc(-c4cc(-c5ccccc5)nc(-c5ccccc5)c4)cc(-c4cc(-c5ccccn5)ccn4)c3)c2)cc1. The highest BCUT2D eigenvalue weighted by Gasteiger charge is 2.22. The average molecular weight is 1870 g/mol. The summed E-state index contributed by atoms with van der Waals surface area (Å²) in [6, 6.07) is 177. The normalized spacial score (nSPS) is 11.0. The van der Waals surface area contributed by atoms with E-state index in [-0.39, 0.29) is 0 Å². The van der Waals surface area contributed by atoms with Crippen LogP contribution in [0, 0.1) is 0 Å². The zero-order chi connectivity index (χ0) is 97.5. The predicted octanol–water partition coefficient (Wildman–Crippen LogP) is 34.1. The zero-order valence-corrected chi connectivity index (χ0v) is 79.5. The summed E-state index contributed by atoms with van der Waals surface area (Å²) in [5.74, 6) is 0.656. The van der Waals surface area contributed by atoms with Crippen molar-refractivity contribution in [1.29, 1.82) is 0 Å². The molecule has 0 saturated carbocycles. The topological polar surface area (TPSA) is 142 Å². The number of fused-ring (bicyclic) bond motifs is 2. The molecule has 15 aromatic carbocycles. The van der Waals surface area contributed by atoms with Gasteiger partial charge in [0.05, 0.1) is 74.0 Å². The van der Waals surface area contributed by atoms with Crippen LogP contribution in [0.25, 0.3) is 246 Å². The summed E-state index contributed by atoms with van der Waals surface area (Å²) >= 11 is 0. The molecule has 0 spiro atoms. The first-order valence-corrected chi connectivity index (χ1v) is 48.7. The van der Waals surface area contributed by atoms with Crippen LogP contribution in [0.15, 0.2) is 553 Å². The van der Waals surface area contributed by atoms with E-state index in [1.54, 1.807) is 0 Å². The maximum absolute atomic E-state index is 5.32. The molecular weight excluding hydrogens is 1780 g/mol. The fourth-order valence-corrected chi connectivity index (χ4v) is 18.8. The molecule has 25 rings (SSSR count). The zero-order valence-electron chi connectivity index (χ0n) is 79.5. The van der Waals surface area contributed by atoms with E-state index in [9.17, 15) is 0 Å². The lowest BCUT2D eigenvalue weighted by Gasteiger charge is -2.15. The molecule has 0 aliphatic rings. The third-order valence-electron chi connectivity index (χ3n) is 26.2. The van der Waals surface area contributed by atoms with Gasteiger partial charge in [-0.05, 0) is 247 Å². The van der Waals surface area contributed by atoms with Gasteiger partial charge in [-0.15, -0.1) is 0 Å². The van der Waals surface area contributed by atoms with Gasteiger partial charge in [-0.2, -0.15) is 0 Å². The lowest BCUT2D eigenvalue weighted by atomic mass is 9.91. The van der Waals surface area contributed by atoms with Crippen LogP contribution < -0.4 is 0 Å². The van der Waals surface area contributed by atoms with E-state index in [1.807, 2.05) is 171 Å². The second-order valence-corrected chi connectivity index (χ2v) is 35.7. The third-order valence-corrected chi connectivity index (χ3v) is 26.2. The number of nitrogens with zero attached hydrogens (tertiary/aromatic N) is 11. The number of rotatable bonds is 20. The Kier molecular flexibility index (Phi) is 26.0. The quantitative estimate of drug-likeness (QED) is 0.0720. The highest BCUT2D eigenvalue weighted by atomic mass is 14.9. The highest BCUT2D eigenvalue weighted by Crippen LogP contribution is 2.44. The van der Waals surface area contributed by atoms with Gasteiger partial charge in [0.1, 0.15) is 0 Å². The summed E-state index contributed by atoms with van der Waals surface area (Å²) in [7, 11) is 0. The number of aromatic nitrogens is 11. The van der Waals surface area contributed by atoms with Gasteiger partial charge < -0.3 is 0 Å². The van der Waals surface area contributed by atoms with Crippen molar-refractivity contribution in [2.24, 2.45) is 0 Å². The first-order valence-electron chi connectivity index (χ1n) is 48.7. The molecule has 0 radical (unpaired) electrons. The van der Waals surface area contributed by atoms with Crippen molar-refractivity contribution in [3.05, 3.63) is 553 Å². The molecular formula is C135H91N11. The van der Waals surface area contributed by atoms with Crippen molar-refractivity contribution in [2.75, 3.05) is 0 Å². The molecule has 10 aromatic heterocycles. The lowest BCUT2D eigenvalue weighted by Crippen LogP contribution is -1.97. The summed E-state index contributed by atoms with van der Waals surface area (Å²) in [6.07, 6.45) is 13.0. The van der Waals surface area contributed by atoms with Crippen molar-refractivity contribution in [3.8, 4) is 224 Å². The van der Waals surface area contributed by atoms with Gasteiger partial charge in [0.15, 0.2) is 5.82 Å². The molecule has 686 valence electrons. The number of hydrogen-bond acceptors (Lipinski definition) is 11. The Morgan fingerprint density at radius 3 is 0.753 bits per heavy atom. The van der Waals surface area contributed by atoms with Crippen LogP contribution in [0.5, 0.6) is 0 Å². The number of benzene rings is 15. The molecule has 0 bridgehead atoms. The minimum absolute atomic E-state index is 0.656. The first-order chi connectivity index (χ1) is 72.3. The van der Waals surface area contributed by atoms with Crippen LogP contribution in [0.4, 0.5) is 0 Å². The van der Waals surface area contributed by atoms with E-state index < -0.39 is 0 Å². The van der Waals surface area contributed by atoms with Crippen molar-refractivity contribution in [3.63, 3.8) is 0 Å². The van der Waals surface area contributed by atoms with Gasteiger partial charge in [0.25, 0.3) is 0 Å². The molecule has 0 fully saturated rings. The Labute approximate surface area is 847 Å². The molecule has 0 atom stereocenters. The molecule has 0 N–H and O–H groups in total. The minimum atomic E-state index is 0.656. The number of pyridine rings is 9. The monoisotopic (exact) mass is 1870 g/mol. The molecule has 0 saturated heterocycles. The Bertz CT molecular complexity index is 8460. The second kappa shape index (κ2) is 42.1. The Morgan fingerprint density at radius 1 is 0.110 bits per heavy atom. The maximum Gasteiger partial charge on any atom is 0.160 e. The summed E-state index contributed by atoms with van der Waals surface area (Å²) in [4.78, 5) is 53.8. The van der Waals surface area contributed by atoms with Crippen LogP contribution in [-0.4, -0.2) is 54.8 Å². The van der Waals surface area contributed by atoms with Crippen molar-refractivity contribution >= 4 is 21.5 Å². The van der Waals surface area contributed by atoms with E-state index >= 15 is 0 Å². The first kappa shape index (κ1) is 90.1. The molecule has 0 amide bonds. The Morgan fingerprint density at radius 2 is 0.370 bits per heavy atom. The van der Waals surface area contributed by atoms with Gasteiger partial charge in [-0.1, -0.05) is 346 Å².